The van der Waals surface area contributed by atoms with Crippen molar-refractivity contribution in [1.29, 1.82) is 0 Å². The number of rotatable bonds is 2. The number of ketones is 1. The molecule has 1 aliphatic heterocycles. The Hall–Kier alpha value is -2.01. The summed E-state index contributed by atoms with van der Waals surface area (Å²) < 4.78 is 5.94. The average Bonchev–Trinajstić information content (AvgIpc) is 2.64. The van der Waals surface area contributed by atoms with Crippen LogP contribution in [0.4, 0.5) is 0 Å². The zero-order chi connectivity index (χ0) is 16.6. The van der Waals surface area contributed by atoms with Gasteiger partial charge in [0, 0.05) is 25.7 Å². The third-order valence-corrected chi connectivity index (χ3v) is 4.89. The molecule has 1 aliphatic carbocycles. The SMILES string of the molecule is C=C(c1ccc2ccccc2c1)C1COC2(CCC(=O)CC2)OO1. The van der Waals surface area contributed by atoms with Gasteiger partial charge in [0.2, 0.25) is 5.79 Å². The molecule has 0 amide bonds. The van der Waals surface area contributed by atoms with Gasteiger partial charge >= 0.3 is 0 Å². The van der Waals surface area contributed by atoms with E-state index in [9.17, 15) is 4.79 Å². The highest BCUT2D eigenvalue weighted by atomic mass is 17.2. The first-order valence-electron chi connectivity index (χ1n) is 8.33. The first-order valence-corrected chi connectivity index (χ1v) is 8.33. The Balaban J connectivity index is 1.46. The summed E-state index contributed by atoms with van der Waals surface area (Å²) in [7, 11) is 0. The van der Waals surface area contributed by atoms with Gasteiger partial charge in [0.15, 0.2) is 0 Å². The second-order valence-corrected chi connectivity index (χ2v) is 6.52. The molecule has 2 aromatic carbocycles. The molecule has 2 aliphatic rings. The Labute approximate surface area is 140 Å². The van der Waals surface area contributed by atoms with Gasteiger partial charge < -0.3 is 4.74 Å². The topological polar surface area (TPSA) is 44.8 Å². The third kappa shape index (κ3) is 2.88. The van der Waals surface area contributed by atoms with Gasteiger partial charge in [-0.1, -0.05) is 43.0 Å². The maximum Gasteiger partial charge on any atom is 0.202 e. The zero-order valence-corrected chi connectivity index (χ0v) is 13.5. The molecule has 2 fully saturated rings. The van der Waals surface area contributed by atoms with Crippen molar-refractivity contribution < 1.29 is 19.3 Å². The molecule has 0 radical (unpaired) electrons. The summed E-state index contributed by atoms with van der Waals surface area (Å²) in [6.07, 6.45) is 1.75. The molecule has 4 nitrogen and oxygen atoms in total. The van der Waals surface area contributed by atoms with Crippen molar-refractivity contribution in [3.63, 3.8) is 0 Å². The highest BCUT2D eigenvalue weighted by Gasteiger charge is 2.43. The molecule has 1 heterocycles. The normalized spacial score (nSPS) is 23.5. The van der Waals surface area contributed by atoms with Crippen LogP contribution in [0.25, 0.3) is 16.3 Å². The Bertz CT molecular complexity index is 775. The van der Waals surface area contributed by atoms with Gasteiger partial charge in [-0.15, -0.1) is 0 Å². The fourth-order valence-electron chi connectivity index (χ4n) is 3.30. The van der Waals surface area contributed by atoms with E-state index in [4.69, 9.17) is 14.5 Å². The smallest absolute Gasteiger partial charge is 0.202 e. The number of benzene rings is 2. The lowest BCUT2D eigenvalue weighted by atomic mass is 9.92. The van der Waals surface area contributed by atoms with Crippen LogP contribution in [0, 0.1) is 0 Å². The van der Waals surface area contributed by atoms with Gasteiger partial charge in [-0.3, -0.25) is 4.79 Å². The minimum atomic E-state index is -0.756. The van der Waals surface area contributed by atoms with Crippen LogP contribution < -0.4 is 0 Å². The van der Waals surface area contributed by atoms with Gasteiger partial charge in [0.25, 0.3) is 0 Å². The first-order chi connectivity index (χ1) is 11.7. The van der Waals surface area contributed by atoms with E-state index in [1.54, 1.807) is 0 Å². The molecule has 4 heteroatoms. The predicted octanol–water partition coefficient (Wildman–Crippen LogP) is 4.04. The molecule has 124 valence electrons. The van der Waals surface area contributed by atoms with Gasteiger partial charge in [-0.25, -0.2) is 9.78 Å². The van der Waals surface area contributed by atoms with E-state index in [1.807, 2.05) is 18.2 Å². The van der Waals surface area contributed by atoms with Crippen LogP contribution in [-0.4, -0.2) is 24.3 Å². The van der Waals surface area contributed by atoms with E-state index < -0.39 is 5.79 Å². The molecule has 0 N–H and O–H groups in total. The molecule has 1 saturated heterocycles. The fraction of sp³-hybridized carbons (Fsp3) is 0.350. The Kier molecular flexibility index (Phi) is 3.96. The summed E-state index contributed by atoms with van der Waals surface area (Å²) in [5.41, 5.74) is 1.85. The molecule has 2 aromatic rings. The summed E-state index contributed by atoms with van der Waals surface area (Å²) in [5, 5.41) is 2.35. The van der Waals surface area contributed by atoms with Crippen LogP contribution in [0.2, 0.25) is 0 Å². The highest BCUT2D eigenvalue weighted by molar-refractivity contribution is 5.86. The van der Waals surface area contributed by atoms with Crippen LogP contribution in [0.5, 0.6) is 0 Å². The van der Waals surface area contributed by atoms with Crippen LogP contribution in [0.15, 0.2) is 49.0 Å². The van der Waals surface area contributed by atoms with Crippen LogP contribution >= 0.6 is 0 Å². The maximum atomic E-state index is 11.4. The summed E-state index contributed by atoms with van der Waals surface area (Å²) in [6, 6.07) is 14.4. The Morgan fingerprint density at radius 2 is 1.83 bits per heavy atom. The van der Waals surface area contributed by atoms with Gasteiger partial charge in [0.05, 0.1) is 6.61 Å². The summed E-state index contributed by atoms with van der Waals surface area (Å²) in [6.45, 7) is 4.55. The lowest BCUT2D eigenvalue weighted by Gasteiger charge is -2.40. The number of fused-ring (bicyclic) bond motifs is 1. The van der Waals surface area contributed by atoms with Crippen LogP contribution in [-0.2, 0) is 19.3 Å². The van der Waals surface area contributed by atoms with Gasteiger partial charge in [-0.2, -0.15) is 0 Å². The zero-order valence-electron chi connectivity index (χ0n) is 13.5. The van der Waals surface area contributed by atoms with Crippen molar-refractivity contribution in [3.8, 4) is 0 Å². The molecule has 1 atom stereocenters. The fourth-order valence-corrected chi connectivity index (χ4v) is 3.30. The number of Topliss-reactive ketones (excluding diaryl/α,β-unsaturated/α-hetero) is 1. The number of hydrogen-bond donors (Lipinski definition) is 0. The monoisotopic (exact) mass is 324 g/mol. The van der Waals surface area contributed by atoms with E-state index in [-0.39, 0.29) is 11.9 Å². The molecule has 4 rings (SSSR count). The maximum absolute atomic E-state index is 11.4. The van der Waals surface area contributed by atoms with E-state index in [0.717, 1.165) is 16.5 Å². The van der Waals surface area contributed by atoms with Crippen molar-refractivity contribution >= 4 is 22.1 Å². The quantitative estimate of drug-likeness (QED) is 0.782. The molecule has 0 aromatic heterocycles. The molecule has 1 spiro atoms. The molecule has 0 bridgehead atoms. The summed E-state index contributed by atoms with van der Waals surface area (Å²) in [5.74, 6) is -0.496. The molecular formula is C20H20O4. The predicted molar refractivity (Wildman–Crippen MR) is 91.1 cm³/mol. The van der Waals surface area contributed by atoms with E-state index in [2.05, 4.69) is 30.8 Å². The van der Waals surface area contributed by atoms with E-state index in [0.29, 0.717) is 32.3 Å². The molecule has 24 heavy (non-hydrogen) atoms. The van der Waals surface area contributed by atoms with E-state index >= 15 is 0 Å². The summed E-state index contributed by atoms with van der Waals surface area (Å²) in [4.78, 5) is 22.5. The van der Waals surface area contributed by atoms with Crippen molar-refractivity contribution in [2.45, 2.75) is 37.6 Å². The largest absolute Gasteiger partial charge is 0.344 e. The minimum Gasteiger partial charge on any atom is -0.344 e. The van der Waals surface area contributed by atoms with Crippen LogP contribution in [0.3, 0.4) is 0 Å². The second kappa shape index (κ2) is 6.13. The van der Waals surface area contributed by atoms with E-state index in [1.165, 1.54) is 5.39 Å². The van der Waals surface area contributed by atoms with Crippen molar-refractivity contribution in [3.05, 3.63) is 54.6 Å². The standard InChI is InChI=1S/C20H20O4/c1-14(16-7-6-15-4-2-3-5-17(15)12-16)19-13-22-20(24-23-19)10-8-18(21)9-11-20/h2-7,12,19H,1,8-11,13H2. The number of carbonyl (C=O) groups excluding carboxylic acids is 1. The minimum absolute atomic E-state index is 0.260. The highest BCUT2D eigenvalue weighted by Crippen LogP contribution is 2.37. The Morgan fingerprint density at radius 1 is 1.08 bits per heavy atom. The van der Waals surface area contributed by atoms with Crippen molar-refractivity contribution in [2.24, 2.45) is 0 Å². The van der Waals surface area contributed by atoms with Crippen molar-refractivity contribution in [2.75, 3.05) is 6.61 Å². The number of carbonyl (C=O) groups is 1. The van der Waals surface area contributed by atoms with Gasteiger partial charge in [0.1, 0.15) is 11.9 Å². The van der Waals surface area contributed by atoms with Crippen molar-refractivity contribution in [1.82, 2.24) is 0 Å². The lowest BCUT2D eigenvalue weighted by Crippen LogP contribution is -2.47. The number of ether oxygens (including phenoxy) is 1. The first kappa shape index (κ1) is 15.5. The Morgan fingerprint density at radius 3 is 2.54 bits per heavy atom. The van der Waals surface area contributed by atoms with Gasteiger partial charge in [-0.05, 0) is 28.0 Å². The summed E-state index contributed by atoms with van der Waals surface area (Å²) >= 11 is 0. The molecule has 1 unspecified atom stereocenters. The number of hydrogen-bond acceptors (Lipinski definition) is 4. The molecular weight excluding hydrogens is 304 g/mol. The second-order valence-electron chi connectivity index (χ2n) is 6.52. The third-order valence-electron chi connectivity index (χ3n) is 4.89. The van der Waals surface area contributed by atoms with Crippen LogP contribution in [0.1, 0.15) is 31.2 Å². The average molecular weight is 324 g/mol. The lowest BCUT2D eigenvalue weighted by molar-refractivity contribution is -0.481. The molecule has 1 saturated carbocycles.